The Morgan fingerprint density at radius 2 is 2.05 bits per heavy atom. The number of nitrogens with two attached hydrogens (primary N) is 1. The maximum absolute atomic E-state index is 13.7. The SMILES string of the molecule is CCC(N)Cc1noc(-c2cc(C)c(F)cc2F)n1. The van der Waals surface area contributed by atoms with Gasteiger partial charge in [-0.15, -0.1) is 0 Å². The molecule has 0 bridgehead atoms. The summed E-state index contributed by atoms with van der Waals surface area (Å²) in [7, 11) is 0. The monoisotopic (exact) mass is 267 g/mol. The largest absolute Gasteiger partial charge is 0.334 e. The molecule has 2 N–H and O–H groups in total. The van der Waals surface area contributed by atoms with Crippen LogP contribution in [0.4, 0.5) is 8.78 Å². The van der Waals surface area contributed by atoms with Crippen LogP contribution in [0, 0.1) is 18.6 Å². The third-order valence-electron chi connectivity index (χ3n) is 2.92. The van der Waals surface area contributed by atoms with Crippen LogP contribution >= 0.6 is 0 Å². The first-order valence-electron chi connectivity index (χ1n) is 6.05. The van der Waals surface area contributed by atoms with Crippen molar-refractivity contribution >= 4 is 0 Å². The molecule has 102 valence electrons. The van der Waals surface area contributed by atoms with Crippen molar-refractivity contribution in [3.63, 3.8) is 0 Å². The van der Waals surface area contributed by atoms with Crippen LogP contribution in [0.2, 0.25) is 0 Å². The molecule has 0 fully saturated rings. The molecule has 0 amide bonds. The molecule has 1 aromatic carbocycles. The van der Waals surface area contributed by atoms with Crippen molar-refractivity contribution < 1.29 is 13.3 Å². The number of nitrogens with zero attached hydrogens (tertiary/aromatic N) is 2. The van der Waals surface area contributed by atoms with Gasteiger partial charge in [-0.25, -0.2) is 8.78 Å². The molecule has 0 aliphatic carbocycles. The van der Waals surface area contributed by atoms with E-state index in [1.165, 1.54) is 6.07 Å². The average molecular weight is 267 g/mol. The molecule has 0 spiro atoms. The Kier molecular flexibility index (Phi) is 3.90. The number of aromatic nitrogens is 2. The van der Waals surface area contributed by atoms with Crippen LogP contribution in [0.5, 0.6) is 0 Å². The zero-order valence-electron chi connectivity index (χ0n) is 10.8. The standard InChI is InChI=1S/C13H15F2N3O/c1-3-8(16)5-12-17-13(19-18-12)9-4-7(2)10(14)6-11(9)15/h4,6,8H,3,5,16H2,1-2H3. The van der Waals surface area contributed by atoms with E-state index in [2.05, 4.69) is 10.1 Å². The molecule has 0 radical (unpaired) electrons. The summed E-state index contributed by atoms with van der Waals surface area (Å²) in [5.74, 6) is -0.864. The zero-order chi connectivity index (χ0) is 14.0. The summed E-state index contributed by atoms with van der Waals surface area (Å²) in [6, 6.07) is 2.10. The first kappa shape index (κ1) is 13.6. The lowest BCUT2D eigenvalue weighted by molar-refractivity contribution is 0.416. The third kappa shape index (κ3) is 2.96. The molecule has 1 unspecified atom stereocenters. The summed E-state index contributed by atoms with van der Waals surface area (Å²) in [4.78, 5) is 4.08. The van der Waals surface area contributed by atoms with Crippen molar-refractivity contribution in [1.29, 1.82) is 0 Å². The molecule has 0 aliphatic heterocycles. The zero-order valence-corrected chi connectivity index (χ0v) is 10.8. The number of hydrogen-bond donors (Lipinski definition) is 1. The third-order valence-corrected chi connectivity index (χ3v) is 2.92. The van der Waals surface area contributed by atoms with Gasteiger partial charge in [0.15, 0.2) is 5.82 Å². The minimum absolute atomic E-state index is 0.0407. The van der Waals surface area contributed by atoms with Gasteiger partial charge in [-0.1, -0.05) is 12.1 Å². The molecule has 0 aliphatic rings. The van der Waals surface area contributed by atoms with Gasteiger partial charge in [0.25, 0.3) is 5.89 Å². The lowest BCUT2D eigenvalue weighted by Gasteiger charge is -2.03. The van der Waals surface area contributed by atoms with E-state index < -0.39 is 11.6 Å². The smallest absolute Gasteiger partial charge is 0.260 e. The first-order chi connectivity index (χ1) is 9.01. The molecule has 19 heavy (non-hydrogen) atoms. The van der Waals surface area contributed by atoms with Crippen LogP contribution in [-0.4, -0.2) is 16.2 Å². The molecule has 1 heterocycles. The molecule has 2 rings (SSSR count). The fourth-order valence-electron chi connectivity index (χ4n) is 1.65. The predicted octanol–water partition coefficient (Wildman–Crippen LogP) is 2.60. The van der Waals surface area contributed by atoms with Crippen molar-refractivity contribution in [1.82, 2.24) is 10.1 Å². The number of benzene rings is 1. The minimum atomic E-state index is -0.724. The molecule has 2 aromatic rings. The van der Waals surface area contributed by atoms with E-state index in [0.717, 1.165) is 12.5 Å². The predicted molar refractivity (Wildman–Crippen MR) is 66.4 cm³/mol. The van der Waals surface area contributed by atoms with Crippen LogP contribution in [0.1, 0.15) is 24.7 Å². The highest BCUT2D eigenvalue weighted by Crippen LogP contribution is 2.24. The molecular weight excluding hydrogens is 252 g/mol. The van der Waals surface area contributed by atoms with Gasteiger partial charge < -0.3 is 10.3 Å². The summed E-state index contributed by atoms with van der Waals surface area (Å²) in [5.41, 5.74) is 6.20. The maximum atomic E-state index is 13.7. The second-order valence-corrected chi connectivity index (χ2v) is 4.47. The second-order valence-electron chi connectivity index (χ2n) is 4.47. The Morgan fingerprint density at radius 1 is 1.32 bits per heavy atom. The van der Waals surface area contributed by atoms with E-state index in [4.69, 9.17) is 10.3 Å². The number of rotatable bonds is 4. The number of aryl methyl sites for hydroxylation is 1. The van der Waals surface area contributed by atoms with E-state index in [1.807, 2.05) is 6.92 Å². The average Bonchev–Trinajstić information content (AvgIpc) is 2.82. The van der Waals surface area contributed by atoms with Crippen LogP contribution in [0.25, 0.3) is 11.5 Å². The Bertz CT molecular complexity index is 583. The summed E-state index contributed by atoms with van der Waals surface area (Å²) < 4.78 is 31.8. The summed E-state index contributed by atoms with van der Waals surface area (Å²) >= 11 is 0. The highest BCUT2D eigenvalue weighted by atomic mass is 19.1. The maximum Gasteiger partial charge on any atom is 0.260 e. The van der Waals surface area contributed by atoms with Gasteiger partial charge in [-0.05, 0) is 25.0 Å². The lowest BCUT2D eigenvalue weighted by atomic mass is 10.1. The topological polar surface area (TPSA) is 64.9 Å². The molecule has 1 aromatic heterocycles. The van der Waals surface area contributed by atoms with Gasteiger partial charge in [-0.2, -0.15) is 4.98 Å². The second kappa shape index (κ2) is 5.44. The quantitative estimate of drug-likeness (QED) is 0.924. The normalized spacial score (nSPS) is 12.7. The van der Waals surface area contributed by atoms with Crippen molar-refractivity contribution in [2.75, 3.05) is 0 Å². The van der Waals surface area contributed by atoms with Crippen LogP contribution < -0.4 is 5.73 Å². The summed E-state index contributed by atoms with van der Waals surface area (Å²) in [6.07, 6.45) is 1.25. The van der Waals surface area contributed by atoms with Gasteiger partial charge in [0, 0.05) is 18.5 Å². The van der Waals surface area contributed by atoms with E-state index in [0.29, 0.717) is 17.8 Å². The van der Waals surface area contributed by atoms with E-state index >= 15 is 0 Å². The van der Waals surface area contributed by atoms with Gasteiger partial charge in [0.2, 0.25) is 0 Å². The lowest BCUT2D eigenvalue weighted by Crippen LogP contribution is -2.21. The molecule has 4 nitrogen and oxygen atoms in total. The van der Waals surface area contributed by atoms with Crippen LogP contribution in [-0.2, 0) is 6.42 Å². The molecule has 0 saturated carbocycles. The van der Waals surface area contributed by atoms with E-state index in [-0.39, 0.29) is 17.5 Å². The Labute approximate surface area is 109 Å². The van der Waals surface area contributed by atoms with Gasteiger partial charge in [-0.3, -0.25) is 0 Å². The Hall–Kier alpha value is -1.82. The van der Waals surface area contributed by atoms with Crippen molar-refractivity contribution in [2.45, 2.75) is 32.7 Å². The van der Waals surface area contributed by atoms with Crippen molar-refractivity contribution in [3.8, 4) is 11.5 Å². The number of halogens is 2. The van der Waals surface area contributed by atoms with Crippen LogP contribution in [0.15, 0.2) is 16.7 Å². The van der Waals surface area contributed by atoms with Crippen LogP contribution in [0.3, 0.4) is 0 Å². The molecule has 0 saturated heterocycles. The highest BCUT2D eigenvalue weighted by Gasteiger charge is 2.16. The first-order valence-corrected chi connectivity index (χ1v) is 6.05. The van der Waals surface area contributed by atoms with E-state index in [1.54, 1.807) is 6.92 Å². The van der Waals surface area contributed by atoms with E-state index in [9.17, 15) is 8.78 Å². The fourth-order valence-corrected chi connectivity index (χ4v) is 1.65. The van der Waals surface area contributed by atoms with Gasteiger partial charge >= 0.3 is 0 Å². The molecular formula is C13H15F2N3O. The van der Waals surface area contributed by atoms with Crippen molar-refractivity contribution in [3.05, 3.63) is 35.2 Å². The Balaban J connectivity index is 2.30. The molecule has 1 atom stereocenters. The summed E-state index contributed by atoms with van der Waals surface area (Å²) in [6.45, 7) is 3.50. The highest BCUT2D eigenvalue weighted by molar-refractivity contribution is 5.55. The number of hydrogen-bond acceptors (Lipinski definition) is 4. The van der Waals surface area contributed by atoms with Crippen molar-refractivity contribution in [2.24, 2.45) is 5.73 Å². The van der Waals surface area contributed by atoms with Gasteiger partial charge in [0.05, 0.1) is 5.56 Å². The van der Waals surface area contributed by atoms with Gasteiger partial charge in [0.1, 0.15) is 11.6 Å². The minimum Gasteiger partial charge on any atom is -0.334 e. The Morgan fingerprint density at radius 3 is 2.74 bits per heavy atom. The summed E-state index contributed by atoms with van der Waals surface area (Å²) in [5, 5.41) is 3.75. The molecule has 6 heteroatoms. The fraction of sp³-hybridized carbons (Fsp3) is 0.385.